The quantitative estimate of drug-likeness (QED) is 0.761. The molecule has 5 nitrogen and oxygen atoms in total. The van der Waals surface area contributed by atoms with E-state index in [4.69, 9.17) is 4.42 Å². The maximum absolute atomic E-state index is 5.39. The topological polar surface area (TPSA) is 63.0 Å². The van der Waals surface area contributed by atoms with Crippen LogP contribution in [-0.2, 0) is 6.54 Å². The van der Waals surface area contributed by atoms with Gasteiger partial charge in [-0.05, 0) is 63.8 Å². The molecule has 0 aliphatic carbocycles. The van der Waals surface area contributed by atoms with Gasteiger partial charge < -0.3 is 15.1 Å². The van der Waals surface area contributed by atoms with Crippen LogP contribution in [0.1, 0.15) is 5.89 Å². The SMILES string of the molecule is CNCc1nnc(Nc2ccc(I)c(Br)c2)o1. The Morgan fingerprint density at radius 3 is 2.94 bits per heavy atom. The number of hydrogen-bond acceptors (Lipinski definition) is 5. The van der Waals surface area contributed by atoms with Crippen molar-refractivity contribution in [2.24, 2.45) is 0 Å². The van der Waals surface area contributed by atoms with Gasteiger partial charge in [0, 0.05) is 13.7 Å². The van der Waals surface area contributed by atoms with Gasteiger partial charge >= 0.3 is 6.01 Å². The monoisotopic (exact) mass is 408 g/mol. The van der Waals surface area contributed by atoms with E-state index >= 15 is 0 Å². The Hall–Kier alpha value is -0.670. The molecule has 0 radical (unpaired) electrons. The molecule has 2 aromatic rings. The molecule has 0 fully saturated rings. The molecule has 0 atom stereocenters. The fourth-order valence-electron chi connectivity index (χ4n) is 1.22. The first-order chi connectivity index (χ1) is 8.19. The van der Waals surface area contributed by atoms with E-state index in [-0.39, 0.29) is 0 Å². The third-order valence-electron chi connectivity index (χ3n) is 1.97. The van der Waals surface area contributed by atoms with Crippen molar-refractivity contribution in [1.29, 1.82) is 0 Å². The number of hydrogen-bond donors (Lipinski definition) is 2. The van der Waals surface area contributed by atoms with Gasteiger partial charge in [-0.2, -0.15) is 0 Å². The van der Waals surface area contributed by atoms with E-state index in [2.05, 4.69) is 59.4 Å². The average Bonchev–Trinajstić information content (AvgIpc) is 2.72. The molecule has 0 spiro atoms. The highest BCUT2D eigenvalue weighted by molar-refractivity contribution is 14.1. The minimum absolute atomic E-state index is 0.392. The van der Waals surface area contributed by atoms with Crippen LogP contribution in [0.4, 0.5) is 11.7 Å². The summed E-state index contributed by atoms with van der Waals surface area (Å²) in [5, 5.41) is 13.8. The van der Waals surface area contributed by atoms with E-state index in [1.54, 1.807) is 0 Å². The van der Waals surface area contributed by atoms with Crippen molar-refractivity contribution in [1.82, 2.24) is 15.5 Å². The van der Waals surface area contributed by atoms with Gasteiger partial charge in [0.15, 0.2) is 0 Å². The van der Waals surface area contributed by atoms with Crippen LogP contribution in [0.15, 0.2) is 27.1 Å². The van der Waals surface area contributed by atoms with Crippen LogP contribution in [0, 0.1) is 3.57 Å². The van der Waals surface area contributed by atoms with Crippen molar-refractivity contribution in [2.75, 3.05) is 12.4 Å². The maximum atomic E-state index is 5.39. The second kappa shape index (κ2) is 5.78. The van der Waals surface area contributed by atoms with Crippen molar-refractivity contribution < 1.29 is 4.42 Å². The number of halogens is 2. The van der Waals surface area contributed by atoms with E-state index in [9.17, 15) is 0 Å². The molecule has 2 N–H and O–H groups in total. The van der Waals surface area contributed by atoms with Gasteiger partial charge in [-0.3, -0.25) is 0 Å². The molecule has 0 aliphatic heterocycles. The molecule has 0 saturated carbocycles. The zero-order valence-electron chi connectivity index (χ0n) is 9.00. The molecule has 17 heavy (non-hydrogen) atoms. The van der Waals surface area contributed by atoms with E-state index in [0.717, 1.165) is 13.7 Å². The lowest BCUT2D eigenvalue weighted by atomic mass is 10.3. The molecule has 0 amide bonds. The number of anilines is 2. The van der Waals surface area contributed by atoms with Crippen LogP contribution in [0.2, 0.25) is 0 Å². The molecule has 0 aliphatic rings. The molecule has 2 rings (SSSR count). The summed E-state index contributed by atoms with van der Waals surface area (Å²) in [6.45, 7) is 0.561. The average molecular weight is 409 g/mol. The highest BCUT2D eigenvalue weighted by Crippen LogP contribution is 2.24. The number of rotatable bonds is 4. The van der Waals surface area contributed by atoms with E-state index in [1.807, 2.05) is 25.2 Å². The fourth-order valence-corrected chi connectivity index (χ4v) is 1.94. The van der Waals surface area contributed by atoms with Gasteiger partial charge in [0.05, 0.1) is 6.54 Å². The smallest absolute Gasteiger partial charge is 0.320 e. The standard InChI is InChI=1S/C10H10BrIN4O/c1-13-5-9-15-16-10(17-9)14-6-2-3-8(12)7(11)4-6/h2-4,13H,5H2,1H3,(H,14,16). The minimum atomic E-state index is 0.392. The van der Waals surface area contributed by atoms with Crippen molar-refractivity contribution in [3.05, 3.63) is 32.1 Å². The molecule has 7 heteroatoms. The summed E-state index contributed by atoms with van der Waals surface area (Å²) in [4.78, 5) is 0. The van der Waals surface area contributed by atoms with Gasteiger partial charge in [-0.15, -0.1) is 5.10 Å². The fraction of sp³-hybridized carbons (Fsp3) is 0.200. The highest BCUT2D eigenvalue weighted by Gasteiger charge is 2.06. The van der Waals surface area contributed by atoms with Crippen LogP contribution in [0.3, 0.4) is 0 Å². The first-order valence-corrected chi connectivity index (χ1v) is 6.75. The van der Waals surface area contributed by atoms with Gasteiger partial charge in [0.25, 0.3) is 0 Å². The summed E-state index contributed by atoms with van der Waals surface area (Å²) >= 11 is 5.72. The second-order valence-corrected chi connectivity index (χ2v) is 5.30. The first kappa shape index (κ1) is 12.8. The molecular formula is C10H10BrIN4O. The van der Waals surface area contributed by atoms with Crippen LogP contribution in [-0.4, -0.2) is 17.2 Å². The Balaban J connectivity index is 2.11. The van der Waals surface area contributed by atoms with Crippen LogP contribution < -0.4 is 10.6 Å². The maximum Gasteiger partial charge on any atom is 0.320 e. The van der Waals surface area contributed by atoms with Crippen LogP contribution >= 0.6 is 38.5 Å². The van der Waals surface area contributed by atoms with Crippen LogP contribution in [0.5, 0.6) is 0 Å². The summed E-state index contributed by atoms with van der Waals surface area (Å²) in [5.74, 6) is 0.555. The molecule has 0 bridgehead atoms. The Bertz CT molecular complexity index is 517. The summed E-state index contributed by atoms with van der Waals surface area (Å²) < 4.78 is 7.56. The van der Waals surface area contributed by atoms with Gasteiger partial charge in [0.1, 0.15) is 0 Å². The van der Waals surface area contributed by atoms with Crippen molar-refractivity contribution in [3.8, 4) is 0 Å². The predicted molar refractivity (Wildman–Crippen MR) is 77.2 cm³/mol. The highest BCUT2D eigenvalue weighted by atomic mass is 127. The third kappa shape index (κ3) is 3.39. The van der Waals surface area contributed by atoms with Crippen molar-refractivity contribution in [2.45, 2.75) is 6.54 Å². The first-order valence-electron chi connectivity index (χ1n) is 4.88. The lowest BCUT2D eigenvalue weighted by Gasteiger charge is -2.02. The van der Waals surface area contributed by atoms with Gasteiger partial charge in [-0.25, -0.2) is 0 Å². The zero-order chi connectivity index (χ0) is 12.3. The Labute approximate surface area is 121 Å². The number of nitrogens with one attached hydrogen (secondary N) is 2. The molecule has 1 aromatic carbocycles. The number of aromatic nitrogens is 2. The number of benzene rings is 1. The zero-order valence-corrected chi connectivity index (χ0v) is 12.7. The Morgan fingerprint density at radius 2 is 2.24 bits per heavy atom. The van der Waals surface area contributed by atoms with Crippen molar-refractivity contribution >= 4 is 50.2 Å². The second-order valence-electron chi connectivity index (χ2n) is 3.29. The Kier molecular flexibility index (Phi) is 4.35. The van der Waals surface area contributed by atoms with E-state index in [0.29, 0.717) is 18.5 Å². The summed E-state index contributed by atoms with van der Waals surface area (Å²) in [7, 11) is 1.83. The normalized spacial score (nSPS) is 10.5. The summed E-state index contributed by atoms with van der Waals surface area (Å²) in [5.41, 5.74) is 0.900. The molecule has 1 heterocycles. The molecule has 90 valence electrons. The Morgan fingerprint density at radius 1 is 1.41 bits per heavy atom. The molecule has 1 aromatic heterocycles. The predicted octanol–water partition coefficient (Wildman–Crippen LogP) is 2.90. The lowest BCUT2D eigenvalue weighted by Crippen LogP contribution is -2.04. The lowest BCUT2D eigenvalue weighted by molar-refractivity contribution is 0.493. The van der Waals surface area contributed by atoms with Gasteiger partial charge in [-0.1, -0.05) is 5.10 Å². The van der Waals surface area contributed by atoms with Gasteiger partial charge in [0.2, 0.25) is 5.89 Å². The number of nitrogens with zero attached hydrogens (tertiary/aromatic N) is 2. The van der Waals surface area contributed by atoms with E-state index in [1.165, 1.54) is 0 Å². The molecular weight excluding hydrogens is 399 g/mol. The third-order valence-corrected chi connectivity index (χ3v) is 4.30. The minimum Gasteiger partial charge on any atom is -0.406 e. The van der Waals surface area contributed by atoms with E-state index < -0.39 is 0 Å². The molecule has 0 unspecified atom stereocenters. The van der Waals surface area contributed by atoms with Crippen molar-refractivity contribution in [3.63, 3.8) is 0 Å². The molecule has 0 saturated heterocycles. The summed E-state index contributed by atoms with van der Waals surface area (Å²) in [6.07, 6.45) is 0. The largest absolute Gasteiger partial charge is 0.406 e. The summed E-state index contributed by atoms with van der Waals surface area (Å²) in [6, 6.07) is 6.30. The van der Waals surface area contributed by atoms with Crippen LogP contribution in [0.25, 0.3) is 0 Å².